The molecule has 0 atom stereocenters. The monoisotopic (exact) mass is 316 g/mol. The van der Waals surface area contributed by atoms with Gasteiger partial charge in [-0.05, 0) is 41.5 Å². The first-order valence-electron chi connectivity index (χ1n) is 6.75. The molecule has 0 aliphatic rings. The van der Waals surface area contributed by atoms with E-state index in [4.69, 9.17) is 20.9 Å². The van der Waals surface area contributed by atoms with Gasteiger partial charge in [0.1, 0.15) is 12.4 Å². The van der Waals surface area contributed by atoms with Crippen LogP contribution in [0.4, 0.5) is 4.39 Å². The fourth-order valence-corrected chi connectivity index (χ4v) is 1.79. The molecule has 7 heteroatoms. The van der Waals surface area contributed by atoms with Crippen molar-refractivity contribution in [1.82, 2.24) is 0 Å². The van der Waals surface area contributed by atoms with Crippen LogP contribution in [-0.4, -0.2) is 19.3 Å². The molecule has 2 aromatic carbocycles. The van der Waals surface area contributed by atoms with Crippen LogP contribution < -0.4 is 20.9 Å². The van der Waals surface area contributed by atoms with Gasteiger partial charge >= 0.3 is 0 Å². The van der Waals surface area contributed by atoms with Gasteiger partial charge in [-0.15, -0.1) is 5.10 Å². The quantitative estimate of drug-likeness (QED) is 0.484. The van der Waals surface area contributed by atoms with E-state index in [0.29, 0.717) is 18.1 Å². The standard InChI is InChI=1S/C16H17FN4O2/c1-22-15-8-12(9-20-21-16(18)19)4-7-14(15)23-10-11-2-5-13(17)6-3-11/h2-9H,10H2,1H3,(H4,18,19,21)/b20-9-. The van der Waals surface area contributed by atoms with E-state index in [1.54, 1.807) is 30.3 Å². The Balaban J connectivity index is 2.08. The van der Waals surface area contributed by atoms with Gasteiger partial charge < -0.3 is 20.9 Å². The number of halogens is 1. The van der Waals surface area contributed by atoms with Gasteiger partial charge in [0.05, 0.1) is 13.3 Å². The van der Waals surface area contributed by atoms with Gasteiger partial charge in [-0.1, -0.05) is 12.1 Å². The van der Waals surface area contributed by atoms with Gasteiger partial charge in [0, 0.05) is 0 Å². The molecule has 0 saturated carbocycles. The molecular weight excluding hydrogens is 299 g/mol. The first-order valence-corrected chi connectivity index (χ1v) is 6.75. The Morgan fingerprint density at radius 2 is 1.87 bits per heavy atom. The number of hydrogen-bond donors (Lipinski definition) is 2. The normalized spacial score (nSPS) is 10.5. The van der Waals surface area contributed by atoms with Crippen molar-refractivity contribution < 1.29 is 13.9 Å². The topological polar surface area (TPSA) is 95.2 Å². The summed E-state index contributed by atoms with van der Waals surface area (Å²) in [7, 11) is 1.54. The van der Waals surface area contributed by atoms with Crippen LogP contribution in [-0.2, 0) is 6.61 Å². The maximum Gasteiger partial charge on any atom is 0.211 e. The Morgan fingerprint density at radius 3 is 2.52 bits per heavy atom. The van der Waals surface area contributed by atoms with Crippen molar-refractivity contribution in [1.29, 1.82) is 0 Å². The maximum absolute atomic E-state index is 12.9. The molecule has 0 aliphatic carbocycles. The highest BCUT2D eigenvalue weighted by Crippen LogP contribution is 2.28. The zero-order valence-electron chi connectivity index (χ0n) is 12.6. The molecule has 0 saturated heterocycles. The van der Waals surface area contributed by atoms with E-state index in [9.17, 15) is 4.39 Å². The average Bonchev–Trinajstić information content (AvgIpc) is 2.54. The minimum Gasteiger partial charge on any atom is -0.493 e. The Labute approximate surface area is 133 Å². The van der Waals surface area contributed by atoms with E-state index in [-0.39, 0.29) is 11.8 Å². The van der Waals surface area contributed by atoms with E-state index >= 15 is 0 Å². The summed E-state index contributed by atoms with van der Waals surface area (Å²) in [5, 5.41) is 7.25. The lowest BCUT2D eigenvalue weighted by Crippen LogP contribution is -2.21. The van der Waals surface area contributed by atoms with E-state index in [1.165, 1.54) is 25.5 Å². The van der Waals surface area contributed by atoms with E-state index < -0.39 is 0 Å². The summed E-state index contributed by atoms with van der Waals surface area (Å²) in [6.45, 7) is 0.304. The highest BCUT2D eigenvalue weighted by molar-refractivity contribution is 5.82. The zero-order valence-corrected chi connectivity index (χ0v) is 12.6. The van der Waals surface area contributed by atoms with Gasteiger partial charge in [-0.2, -0.15) is 5.10 Å². The number of methoxy groups -OCH3 is 1. The van der Waals surface area contributed by atoms with E-state index in [0.717, 1.165) is 11.1 Å². The molecule has 0 unspecified atom stereocenters. The molecule has 0 radical (unpaired) electrons. The summed E-state index contributed by atoms with van der Waals surface area (Å²) in [6.07, 6.45) is 1.49. The first-order chi connectivity index (χ1) is 11.1. The molecule has 0 aromatic heterocycles. The number of benzene rings is 2. The number of hydrogen-bond acceptors (Lipinski definition) is 4. The van der Waals surface area contributed by atoms with Gasteiger partial charge in [0.15, 0.2) is 11.5 Å². The van der Waals surface area contributed by atoms with Gasteiger partial charge in [-0.3, -0.25) is 0 Å². The molecule has 0 heterocycles. The largest absolute Gasteiger partial charge is 0.493 e. The van der Waals surface area contributed by atoms with Crippen molar-refractivity contribution in [3.8, 4) is 11.5 Å². The third-order valence-corrected chi connectivity index (χ3v) is 2.88. The number of nitrogens with two attached hydrogens (primary N) is 2. The summed E-state index contributed by atoms with van der Waals surface area (Å²) in [6, 6.07) is 11.4. The van der Waals surface area contributed by atoms with Crippen molar-refractivity contribution >= 4 is 12.2 Å². The highest BCUT2D eigenvalue weighted by atomic mass is 19.1. The minimum absolute atomic E-state index is 0.118. The summed E-state index contributed by atoms with van der Waals surface area (Å²) < 4.78 is 23.8. The smallest absolute Gasteiger partial charge is 0.211 e. The summed E-state index contributed by atoms with van der Waals surface area (Å²) in [5.41, 5.74) is 12.0. The Hall–Kier alpha value is -3.09. The number of nitrogens with zero attached hydrogens (tertiary/aromatic N) is 2. The van der Waals surface area contributed by atoms with Crippen LogP contribution in [0.3, 0.4) is 0 Å². The van der Waals surface area contributed by atoms with Crippen LogP contribution in [0.2, 0.25) is 0 Å². The van der Waals surface area contributed by atoms with Crippen LogP contribution in [0.15, 0.2) is 52.7 Å². The Bertz CT molecular complexity index is 711. The second-order valence-electron chi connectivity index (χ2n) is 4.59. The van der Waals surface area contributed by atoms with Crippen molar-refractivity contribution in [3.05, 3.63) is 59.4 Å². The zero-order chi connectivity index (χ0) is 16.7. The molecule has 0 aliphatic heterocycles. The third kappa shape index (κ3) is 4.99. The molecule has 0 fully saturated rings. The van der Waals surface area contributed by atoms with Crippen LogP contribution in [0.5, 0.6) is 11.5 Å². The molecule has 2 aromatic rings. The molecular formula is C16H17FN4O2. The number of ether oxygens (including phenoxy) is 2. The van der Waals surface area contributed by atoms with Gasteiger partial charge in [0.25, 0.3) is 0 Å². The molecule has 6 nitrogen and oxygen atoms in total. The van der Waals surface area contributed by atoms with E-state index in [2.05, 4.69) is 10.2 Å². The number of rotatable bonds is 6. The second-order valence-corrected chi connectivity index (χ2v) is 4.59. The molecule has 4 N–H and O–H groups in total. The fraction of sp³-hybridized carbons (Fsp3) is 0.125. The van der Waals surface area contributed by atoms with Crippen LogP contribution in [0, 0.1) is 5.82 Å². The lowest BCUT2D eigenvalue weighted by Gasteiger charge is -2.11. The molecule has 0 spiro atoms. The fourth-order valence-electron chi connectivity index (χ4n) is 1.79. The van der Waals surface area contributed by atoms with Crippen molar-refractivity contribution in [3.63, 3.8) is 0 Å². The molecule has 2 rings (SSSR count). The first kappa shape index (κ1) is 16.3. The average molecular weight is 316 g/mol. The maximum atomic E-state index is 12.9. The Kier molecular flexibility index (Phi) is 5.51. The van der Waals surface area contributed by atoms with Crippen LogP contribution in [0.25, 0.3) is 0 Å². The van der Waals surface area contributed by atoms with Gasteiger partial charge in [0.2, 0.25) is 5.96 Å². The van der Waals surface area contributed by atoms with Gasteiger partial charge in [-0.25, -0.2) is 4.39 Å². The molecule has 23 heavy (non-hydrogen) atoms. The summed E-state index contributed by atoms with van der Waals surface area (Å²) >= 11 is 0. The van der Waals surface area contributed by atoms with E-state index in [1.807, 2.05) is 0 Å². The van der Waals surface area contributed by atoms with Crippen molar-refractivity contribution in [2.75, 3.05) is 7.11 Å². The van der Waals surface area contributed by atoms with Crippen LogP contribution >= 0.6 is 0 Å². The molecule has 0 amide bonds. The molecule has 120 valence electrons. The predicted octanol–water partition coefficient (Wildman–Crippen LogP) is 2.02. The minimum atomic E-state index is -0.282. The lowest BCUT2D eigenvalue weighted by atomic mass is 10.2. The highest BCUT2D eigenvalue weighted by Gasteiger charge is 2.05. The predicted molar refractivity (Wildman–Crippen MR) is 87.1 cm³/mol. The second kappa shape index (κ2) is 7.79. The summed E-state index contributed by atoms with van der Waals surface area (Å²) in [4.78, 5) is 0. The molecule has 0 bridgehead atoms. The summed E-state index contributed by atoms with van der Waals surface area (Å²) in [5.74, 6) is 0.708. The number of guanidine groups is 1. The van der Waals surface area contributed by atoms with Crippen molar-refractivity contribution in [2.45, 2.75) is 6.61 Å². The van der Waals surface area contributed by atoms with Crippen LogP contribution in [0.1, 0.15) is 11.1 Å². The third-order valence-electron chi connectivity index (χ3n) is 2.88. The lowest BCUT2D eigenvalue weighted by molar-refractivity contribution is 0.284. The Morgan fingerprint density at radius 1 is 1.13 bits per heavy atom. The van der Waals surface area contributed by atoms with Crippen molar-refractivity contribution in [2.24, 2.45) is 21.7 Å². The SMILES string of the molecule is COc1cc(/C=N\N=C(N)N)ccc1OCc1ccc(F)cc1.